The van der Waals surface area contributed by atoms with Gasteiger partial charge >= 0.3 is 15.2 Å². The molecule has 1 unspecified atom stereocenters. The second-order valence-corrected chi connectivity index (χ2v) is 21.5. The Morgan fingerprint density at radius 1 is 0.957 bits per heavy atom. The van der Waals surface area contributed by atoms with Crippen molar-refractivity contribution < 1.29 is 53.2 Å². The zero-order valence-corrected chi connectivity index (χ0v) is 30.2. The molecule has 16 heteroatoms. The van der Waals surface area contributed by atoms with Crippen LogP contribution >= 0.6 is 15.2 Å². The maximum atomic E-state index is 12.6. The van der Waals surface area contributed by atoms with Crippen LogP contribution in [0.25, 0.3) is 0 Å². The normalized spacial score (nSPS) is 16.4. The minimum Gasteiger partial charge on any atom is -0.507 e. The van der Waals surface area contributed by atoms with Gasteiger partial charge in [-0.15, -0.1) is 0 Å². The van der Waals surface area contributed by atoms with Crippen molar-refractivity contribution in [1.29, 1.82) is 0 Å². The van der Waals surface area contributed by atoms with Gasteiger partial charge in [-0.3, -0.25) is 18.9 Å². The third-order valence-electron chi connectivity index (χ3n) is 8.74. The highest BCUT2D eigenvalue weighted by Gasteiger charge is 2.40. The fourth-order valence-electron chi connectivity index (χ4n) is 5.38. The first-order valence-electron chi connectivity index (χ1n) is 15.1. The van der Waals surface area contributed by atoms with Crippen molar-refractivity contribution in [3.05, 3.63) is 58.7 Å². The molecule has 3 rings (SSSR count). The Labute approximate surface area is 272 Å². The number of aliphatic hydroxyl groups is 1. The Bertz CT molecular complexity index is 1440. The van der Waals surface area contributed by atoms with Gasteiger partial charge in [0.1, 0.15) is 24.1 Å². The molecule has 0 bridgehead atoms. The van der Waals surface area contributed by atoms with Crippen molar-refractivity contribution >= 4 is 23.5 Å². The van der Waals surface area contributed by atoms with Crippen molar-refractivity contribution in [2.75, 3.05) is 19.1 Å². The summed E-state index contributed by atoms with van der Waals surface area (Å²) < 4.78 is 36.8. The molecule has 0 aliphatic carbocycles. The Kier molecular flexibility index (Phi) is 12.5. The van der Waals surface area contributed by atoms with E-state index >= 15 is 0 Å². The maximum Gasteiger partial charge on any atom is 0.339 e. The predicted octanol–water partition coefficient (Wildman–Crippen LogP) is 4.23. The predicted molar refractivity (Wildman–Crippen MR) is 177 cm³/mol. The number of nitrogens with zero attached hydrogens (tertiary/aromatic N) is 2. The lowest BCUT2D eigenvalue weighted by Crippen LogP contribution is -2.46. The number of aliphatic hydroxyl groups excluding tert-OH is 1. The zero-order chi connectivity index (χ0) is 34.7. The number of aromatic hydroxyl groups is 1. The summed E-state index contributed by atoms with van der Waals surface area (Å²) in [5.74, 6) is -0.574. The molecule has 1 heterocycles. The van der Waals surface area contributed by atoms with Crippen LogP contribution in [0.15, 0.2) is 36.4 Å². The van der Waals surface area contributed by atoms with E-state index in [1.807, 2.05) is 45.1 Å². The van der Waals surface area contributed by atoms with Gasteiger partial charge in [0.05, 0.1) is 13.2 Å². The van der Waals surface area contributed by atoms with Gasteiger partial charge in [0.15, 0.2) is 8.32 Å². The Morgan fingerprint density at radius 3 is 2.13 bits per heavy atom. The molecule has 0 aromatic heterocycles. The molecule has 7 N–H and O–H groups in total. The van der Waals surface area contributed by atoms with Gasteiger partial charge in [-0.1, -0.05) is 50.2 Å². The van der Waals surface area contributed by atoms with Gasteiger partial charge in [-0.05, 0) is 31.0 Å². The van der Waals surface area contributed by atoms with Gasteiger partial charge in [-0.2, -0.15) is 0 Å². The number of rotatable bonds is 16. The number of hydrogen-bond acceptors (Lipinski definition) is 9. The summed E-state index contributed by atoms with van der Waals surface area (Å²) in [6.45, 7) is 10.8. The Hall–Kier alpha value is -1.64. The summed E-state index contributed by atoms with van der Waals surface area (Å²) in [5, 5.41) is 19.9. The lowest BCUT2D eigenvalue weighted by molar-refractivity contribution is -0.180. The van der Waals surface area contributed by atoms with E-state index in [4.69, 9.17) is 9.47 Å². The van der Waals surface area contributed by atoms with Crippen molar-refractivity contribution in [1.82, 2.24) is 9.80 Å². The molecule has 1 atom stereocenters. The van der Waals surface area contributed by atoms with Gasteiger partial charge in [0, 0.05) is 61.8 Å². The minimum absolute atomic E-state index is 0.0398. The van der Waals surface area contributed by atoms with Gasteiger partial charge < -0.3 is 44.1 Å². The van der Waals surface area contributed by atoms with E-state index in [1.165, 1.54) is 11.0 Å². The minimum atomic E-state index is -4.65. The molecule has 2 aromatic carbocycles. The van der Waals surface area contributed by atoms with Crippen molar-refractivity contribution in [3.8, 4) is 11.5 Å². The van der Waals surface area contributed by atoms with Gasteiger partial charge in [-0.25, -0.2) is 0 Å². The lowest BCUT2D eigenvalue weighted by Gasteiger charge is -2.40. The number of hydrogen-bond donors (Lipinski definition) is 7. The highest BCUT2D eigenvalue weighted by atomic mass is 31.2. The van der Waals surface area contributed by atoms with Crippen LogP contribution < -0.4 is 4.74 Å². The molecule has 0 saturated heterocycles. The maximum absolute atomic E-state index is 12.6. The van der Waals surface area contributed by atoms with Crippen molar-refractivity contribution in [2.24, 2.45) is 0 Å². The van der Waals surface area contributed by atoms with Crippen LogP contribution in [0.3, 0.4) is 0 Å². The molecule has 13 nitrogen and oxygen atoms in total. The Morgan fingerprint density at radius 2 is 1.54 bits per heavy atom. The van der Waals surface area contributed by atoms with Crippen LogP contribution in [0.5, 0.6) is 11.5 Å². The first kappa shape index (κ1) is 38.8. The molecular formula is C30H50N2O11P2Si. The fraction of sp³-hybridized carbons (Fsp3) is 0.600. The molecule has 0 spiro atoms. The molecule has 0 amide bonds. The highest BCUT2D eigenvalue weighted by Crippen LogP contribution is 2.44. The van der Waals surface area contributed by atoms with Crippen molar-refractivity contribution in [2.45, 2.75) is 96.8 Å². The number of fused-ring (bicyclic) bond motifs is 1. The number of para-hydroxylation sites is 2. The van der Waals surface area contributed by atoms with Gasteiger partial charge in [0.2, 0.25) is 5.79 Å². The van der Waals surface area contributed by atoms with Gasteiger partial charge in [0.25, 0.3) is 0 Å². The molecule has 260 valence electrons. The summed E-state index contributed by atoms with van der Waals surface area (Å²) in [7, 11) is -12.0. The van der Waals surface area contributed by atoms with Crippen LogP contribution in [0.2, 0.25) is 18.1 Å². The molecule has 0 saturated carbocycles. The Balaban J connectivity index is 2.09. The highest BCUT2D eigenvalue weighted by molar-refractivity contribution is 7.51. The number of ether oxygens (including phenoxy) is 2. The average Bonchev–Trinajstić information content (AvgIpc) is 2.89. The molecule has 2 aromatic rings. The second-order valence-electron chi connectivity index (χ2n) is 13.8. The smallest absolute Gasteiger partial charge is 0.339 e. The molecule has 46 heavy (non-hydrogen) atoms. The third kappa shape index (κ3) is 11.2. The van der Waals surface area contributed by atoms with E-state index in [9.17, 15) is 43.7 Å². The molecule has 1 aliphatic rings. The fourth-order valence-corrected chi connectivity index (χ4v) is 7.68. The SMILES string of the molecule is CC1(C)OCc2cccc(CN(CP(=O)(O)O)C(CCC(C)(C)[Si](C)(C)O)CN(Cc3cccc(CO)c3O)CP(=O)(O)O)c2O1. The van der Waals surface area contributed by atoms with E-state index in [2.05, 4.69) is 0 Å². The summed E-state index contributed by atoms with van der Waals surface area (Å²) in [6, 6.07) is 9.55. The average molecular weight is 705 g/mol. The summed E-state index contributed by atoms with van der Waals surface area (Å²) in [4.78, 5) is 54.6. The van der Waals surface area contributed by atoms with E-state index < -0.39 is 59.6 Å². The van der Waals surface area contributed by atoms with E-state index in [1.54, 1.807) is 30.9 Å². The summed E-state index contributed by atoms with van der Waals surface area (Å²) >= 11 is 0. The first-order valence-corrected chi connectivity index (χ1v) is 21.7. The molecular weight excluding hydrogens is 654 g/mol. The standard InChI is InChI=1S/C30H50N2O11P2Si/c1-29(2,46(5,6)41)14-13-26(17-31(20-44(35,36)37)15-22-9-7-11-24(18-33)27(22)34)32(21-45(38,39)40)16-23-10-8-12-25-19-42-30(3,4)43-28(23)25/h7-12,26,33-34,41H,13-21H2,1-6H3,(H2,35,36,37)(H2,38,39,40). The topological polar surface area (TPSA) is 201 Å². The summed E-state index contributed by atoms with van der Waals surface area (Å²) in [5.41, 5.74) is 2.03. The lowest BCUT2D eigenvalue weighted by atomic mass is 9.99. The van der Waals surface area contributed by atoms with Crippen LogP contribution in [-0.2, 0) is 40.2 Å². The monoisotopic (exact) mass is 704 g/mol. The van der Waals surface area contributed by atoms with E-state index in [-0.39, 0.29) is 37.6 Å². The molecule has 0 radical (unpaired) electrons. The number of phenols is 1. The second kappa shape index (κ2) is 14.9. The van der Waals surface area contributed by atoms with E-state index in [0.29, 0.717) is 29.7 Å². The van der Waals surface area contributed by atoms with Crippen LogP contribution in [0.1, 0.15) is 62.8 Å². The molecule has 1 aliphatic heterocycles. The van der Waals surface area contributed by atoms with E-state index in [0.717, 1.165) is 5.56 Å². The van der Waals surface area contributed by atoms with Crippen LogP contribution in [0.4, 0.5) is 0 Å². The molecule has 0 fully saturated rings. The van der Waals surface area contributed by atoms with Crippen LogP contribution in [0, 0.1) is 0 Å². The third-order valence-corrected chi connectivity index (χ3v) is 13.8. The number of benzene rings is 2. The van der Waals surface area contributed by atoms with Crippen molar-refractivity contribution in [3.63, 3.8) is 0 Å². The quantitative estimate of drug-likeness (QED) is 0.0968. The summed E-state index contributed by atoms with van der Waals surface area (Å²) in [6.07, 6.45) is -0.537. The first-order chi connectivity index (χ1) is 21.0. The van der Waals surface area contributed by atoms with Crippen LogP contribution in [-0.4, -0.2) is 83.6 Å². The largest absolute Gasteiger partial charge is 0.507 e. The zero-order valence-electron chi connectivity index (χ0n) is 27.5.